The van der Waals surface area contributed by atoms with Crippen molar-refractivity contribution in [2.24, 2.45) is 5.41 Å². The van der Waals surface area contributed by atoms with Gasteiger partial charge in [0.15, 0.2) is 5.65 Å². The lowest BCUT2D eigenvalue weighted by Gasteiger charge is -2.31. The number of aromatic nitrogens is 3. The minimum Gasteiger partial charge on any atom is -0.353 e. The zero-order chi connectivity index (χ0) is 18.0. The van der Waals surface area contributed by atoms with Crippen LogP contribution >= 0.6 is 0 Å². The molecule has 0 aromatic carbocycles. The predicted molar refractivity (Wildman–Crippen MR) is 94.1 cm³/mol. The minimum atomic E-state index is -0.374. The molecule has 2 amide bonds. The molecule has 1 aliphatic carbocycles. The quantitative estimate of drug-likeness (QED) is 0.891. The smallest absolute Gasteiger partial charge is 0.271 e. The predicted octanol–water partition coefficient (Wildman–Crippen LogP) is 1.93. The molecular formula is C18H25N5O2. The second-order valence-corrected chi connectivity index (χ2v) is 7.68. The molecule has 7 heteroatoms. The number of carbonyl (C=O) groups excluding carboxylic acids is 2. The van der Waals surface area contributed by atoms with Crippen molar-refractivity contribution in [2.75, 3.05) is 0 Å². The maximum Gasteiger partial charge on any atom is 0.271 e. The molecule has 3 rings (SSSR count). The summed E-state index contributed by atoms with van der Waals surface area (Å²) in [5.41, 5.74) is 0.723. The van der Waals surface area contributed by atoms with Crippen molar-refractivity contribution in [3.05, 3.63) is 30.2 Å². The van der Waals surface area contributed by atoms with E-state index in [0.717, 1.165) is 25.7 Å². The molecule has 134 valence electrons. The van der Waals surface area contributed by atoms with Gasteiger partial charge in [-0.15, -0.1) is 0 Å². The summed E-state index contributed by atoms with van der Waals surface area (Å²) in [6, 6.07) is 3.91. The highest BCUT2D eigenvalue weighted by Gasteiger charge is 2.28. The summed E-state index contributed by atoms with van der Waals surface area (Å²) in [4.78, 5) is 28.8. The fourth-order valence-corrected chi connectivity index (χ4v) is 3.03. The average Bonchev–Trinajstić information content (AvgIpc) is 3.00. The van der Waals surface area contributed by atoms with Crippen molar-refractivity contribution in [1.29, 1.82) is 0 Å². The summed E-state index contributed by atoms with van der Waals surface area (Å²) >= 11 is 0. The fraction of sp³-hybridized carbons (Fsp3) is 0.556. The summed E-state index contributed by atoms with van der Waals surface area (Å²) < 4.78 is 1.55. The zero-order valence-electron chi connectivity index (χ0n) is 15.0. The van der Waals surface area contributed by atoms with Crippen molar-refractivity contribution < 1.29 is 9.59 Å². The lowest BCUT2D eigenvalue weighted by atomic mass is 9.89. The van der Waals surface area contributed by atoms with E-state index in [1.54, 1.807) is 23.0 Å². The maximum atomic E-state index is 12.5. The van der Waals surface area contributed by atoms with Crippen LogP contribution in [0.4, 0.5) is 0 Å². The Labute approximate surface area is 147 Å². The SMILES string of the molecule is CC(C)(C)C(=O)NC1CCC(NC(=O)c2cnc3cccnn23)CC1. The van der Waals surface area contributed by atoms with Crippen molar-refractivity contribution in [1.82, 2.24) is 25.2 Å². The Morgan fingerprint density at radius 3 is 2.40 bits per heavy atom. The van der Waals surface area contributed by atoms with Crippen LogP contribution in [0.1, 0.15) is 56.9 Å². The van der Waals surface area contributed by atoms with E-state index in [0.29, 0.717) is 11.3 Å². The Hall–Kier alpha value is -2.44. The minimum absolute atomic E-state index is 0.0804. The monoisotopic (exact) mass is 343 g/mol. The van der Waals surface area contributed by atoms with Gasteiger partial charge in [-0.05, 0) is 37.8 Å². The van der Waals surface area contributed by atoms with E-state index in [4.69, 9.17) is 0 Å². The molecule has 0 radical (unpaired) electrons. The molecular weight excluding hydrogens is 318 g/mol. The van der Waals surface area contributed by atoms with Gasteiger partial charge in [0.2, 0.25) is 5.91 Å². The molecule has 1 saturated carbocycles. The van der Waals surface area contributed by atoms with Crippen LogP contribution in [0.2, 0.25) is 0 Å². The van der Waals surface area contributed by atoms with Crippen LogP contribution in [0.25, 0.3) is 5.65 Å². The van der Waals surface area contributed by atoms with Crippen molar-refractivity contribution in [3.8, 4) is 0 Å². The molecule has 0 saturated heterocycles. The van der Waals surface area contributed by atoms with Gasteiger partial charge in [-0.25, -0.2) is 9.50 Å². The Morgan fingerprint density at radius 1 is 1.12 bits per heavy atom. The second-order valence-electron chi connectivity index (χ2n) is 7.68. The van der Waals surface area contributed by atoms with E-state index in [1.165, 1.54) is 0 Å². The number of amides is 2. The standard InChI is InChI=1S/C18H25N5O2/c1-18(2,3)17(25)22-13-8-6-12(7-9-13)21-16(24)14-11-19-15-5-4-10-20-23(14)15/h4-5,10-13H,6-9H2,1-3H3,(H,21,24)(H,22,25). The molecule has 1 fully saturated rings. The Kier molecular flexibility index (Phi) is 4.74. The first-order valence-electron chi connectivity index (χ1n) is 8.75. The van der Waals surface area contributed by atoms with Crippen LogP contribution in [0.5, 0.6) is 0 Å². The largest absolute Gasteiger partial charge is 0.353 e. The lowest BCUT2D eigenvalue weighted by molar-refractivity contribution is -0.129. The van der Waals surface area contributed by atoms with Gasteiger partial charge in [0, 0.05) is 23.7 Å². The van der Waals surface area contributed by atoms with Crippen LogP contribution in [0.3, 0.4) is 0 Å². The van der Waals surface area contributed by atoms with Crippen LogP contribution in [-0.2, 0) is 4.79 Å². The first-order valence-corrected chi connectivity index (χ1v) is 8.75. The molecule has 0 bridgehead atoms. The molecule has 7 nitrogen and oxygen atoms in total. The highest BCUT2D eigenvalue weighted by molar-refractivity contribution is 5.93. The summed E-state index contributed by atoms with van der Waals surface area (Å²) in [6.07, 6.45) is 6.63. The molecule has 2 aromatic rings. The topological polar surface area (TPSA) is 88.4 Å². The van der Waals surface area contributed by atoms with Gasteiger partial charge in [0.25, 0.3) is 5.91 Å². The molecule has 0 atom stereocenters. The molecule has 25 heavy (non-hydrogen) atoms. The van der Waals surface area contributed by atoms with E-state index < -0.39 is 0 Å². The Morgan fingerprint density at radius 2 is 1.76 bits per heavy atom. The van der Waals surface area contributed by atoms with Gasteiger partial charge in [0.05, 0.1) is 6.20 Å². The average molecular weight is 343 g/mol. The number of hydrogen-bond donors (Lipinski definition) is 2. The van der Waals surface area contributed by atoms with Gasteiger partial charge < -0.3 is 10.6 Å². The Balaban J connectivity index is 1.54. The first kappa shape index (κ1) is 17.4. The highest BCUT2D eigenvalue weighted by Crippen LogP contribution is 2.21. The molecule has 0 spiro atoms. The maximum absolute atomic E-state index is 12.5. The van der Waals surface area contributed by atoms with Crippen LogP contribution in [0, 0.1) is 5.41 Å². The Bertz CT molecular complexity index is 769. The number of hydrogen-bond acceptors (Lipinski definition) is 4. The molecule has 1 aliphatic rings. The number of nitrogens with zero attached hydrogens (tertiary/aromatic N) is 3. The second kappa shape index (κ2) is 6.82. The third-order valence-electron chi connectivity index (χ3n) is 4.59. The number of nitrogens with one attached hydrogen (secondary N) is 2. The third kappa shape index (κ3) is 3.97. The van der Waals surface area contributed by atoms with Crippen LogP contribution in [0.15, 0.2) is 24.5 Å². The van der Waals surface area contributed by atoms with Gasteiger partial charge in [0.1, 0.15) is 5.69 Å². The van der Waals surface area contributed by atoms with E-state index in [2.05, 4.69) is 20.7 Å². The summed E-state index contributed by atoms with van der Waals surface area (Å²) in [5, 5.41) is 10.3. The number of carbonyl (C=O) groups is 2. The fourth-order valence-electron chi connectivity index (χ4n) is 3.03. The molecule has 2 aromatic heterocycles. The third-order valence-corrected chi connectivity index (χ3v) is 4.59. The summed E-state index contributed by atoms with van der Waals surface area (Å²) in [7, 11) is 0. The first-order chi connectivity index (χ1) is 11.8. The molecule has 2 heterocycles. The van der Waals surface area contributed by atoms with Crippen LogP contribution in [-0.4, -0.2) is 38.5 Å². The van der Waals surface area contributed by atoms with Crippen molar-refractivity contribution in [3.63, 3.8) is 0 Å². The van der Waals surface area contributed by atoms with Gasteiger partial charge >= 0.3 is 0 Å². The van der Waals surface area contributed by atoms with E-state index in [-0.39, 0.29) is 29.3 Å². The van der Waals surface area contributed by atoms with Crippen molar-refractivity contribution in [2.45, 2.75) is 58.5 Å². The molecule has 0 unspecified atom stereocenters. The van der Waals surface area contributed by atoms with Gasteiger partial charge in [-0.2, -0.15) is 5.10 Å². The van der Waals surface area contributed by atoms with Gasteiger partial charge in [-0.1, -0.05) is 20.8 Å². The molecule has 2 N–H and O–H groups in total. The normalized spacial score (nSPS) is 21.1. The highest BCUT2D eigenvalue weighted by atomic mass is 16.2. The lowest BCUT2D eigenvalue weighted by Crippen LogP contribution is -2.46. The number of imidazole rings is 1. The van der Waals surface area contributed by atoms with E-state index >= 15 is 0 Å². The van der Waals surface area contributed by atoms with E-state index in [9.17, 15) is 9.59 Å². The number of fused-ring (bicyclic) bond motifs is 1. The van der Waals surface area contributed by atoms with Crippen molar-refractivity contribution >= 4 is 17.5 Å². The van der Waals surface area contributed by atoms with E-state index in [1.807, 2.05) is 26.8 Å². The van der Waals surface area contributed by atoms with Gasteiger partial charge in [-0.3, -0.25) is 9.59 Å². The summed E-state index contributed by atoms with van der Waals surface area (Å²) in [6.45, 7) is 5.74. The number of rotatable bonds is 3. The summed E-state index contributed by atoms with van der Waals surface area (Å²) in [5.74, 6) is -0.0785. The van der Waals surface area contributed by atoms with Crippen LogP contribution < -0.4 is 10.6 Å². The zero-order valence-corrected chi connectivity index (χ0v) is 15.0. The molecule has 0 aliphatic heterocycles.